The zero-order valence-corrected chi connectivity index (χ0v) is 13.1. The smallest absolute Gasteiger partial charge is 0.172 e. The van der Waals surface area contributed by atoms with E-state index in [2.05, 4.69) is 51.3 Å². The second-order valence-electron chi connectivity index (χ2n) is 6.43. The van der Waals surface area contributed by atoms with Gasteiger partial charge in [-0.1, -0.05) is 27.2 Å². The lowest BCUT2D eigenvalue weighted by molar-refractivity contribution is 0.166. The number of nitrogens with zero attached hydrogens (tertiary/aromatic N) is 2. The highest BCUT2D eigenvalue weighted by Crippen LogP contribution is 2.29. The minimum Gasteiger partial charge on any atom is -0.347 e. The van der Waals surface area contributed by atoms with Crippen LogP contribution in [-0.4, -0.2) is 39.6 Å². The molecule has 0 N–H and O–H groups in total. The van der Waals surface area contributed by atoms with Crippen molar-refractivity contribution in [2.75, 3.05) is 13.1 Å². The molecule has 100 valence electrons. The predicted octanol–water partition coefficient (Wildman–Crippen LogP) is 3.51. The van der Waals surface area contributed by atoms with Gasteiger partial charge >= 0.3 is 0 Å². The summed E-state index contributed by atoms with van der Waals surface area (Å²) in [5.41, 5.74) is 0.132. The summed E-state index contributed by atoms with van der Waals surface area (Å²) < 4.78 is 0. The lowest BCUT2D eigenvalue weighted by atomic mass is 9.98. The average molecular weight is 256 g/mol. The summed E-state index contributed by atoms with van der Waals surface area (Å²) in [5, 5.41) is 1.06. The second-order valence-corrected chi connectivity index (χ2v) is 6.80. The molecule has 1 rings (SSSR count). The Balaban J connectivity index is 2.83. The summed E-state index contributed by atoms with van der Waals surface area (Å²) in [5.74, 6) is 0.652. The predicted molar refractivity (Wildman–Crippen MR) is 79.3 cm³/mol. The maximum atomic E-state index is 5.67. The molecule has 1 heterocycles. The largest absolute Gasteiger partial charge is 0.347 e. The number of hydrogen-bond acceptors (Lipinski definition) is 1. The molecule has 0 unspecified atom stereocenters. The zero-order chi connectivity index (χ0) is 13.2. The molecule has 0 spiro atoms. The third-order valence-electron chi connectivity index (χ3n) is 3.49. The molecule has 1 saturated heterocycles. The Labute approximate surface area is 112 Å². The van der Waals surface area contributed by atoms with E-state index in [1.165, 1.54) is 12.8 Å². The van der Waals surface area contributed by atoms with E-state index >= 15 is 0 Å². The number of hydrogen-bond donors (Lipinski definition) is 0. The fourth-order valence-corrected chi connectivity index (χ4v) is 3.08. The monoisotopic (exact) mass is 256 g/mol. The summed E-state index contributed by atoms with van der Waals surface area (Å²) >= 11 is 5.67. The van der Waals surface area contributed by atoms with Gasteiger partial charge in [0.05, 0.1) is 6.04 Å². The van der Waals surface area contributed by atoms with Crippen LogP contribution in [0.5, 0.6) is 0 Å². The summed E-state index contributed by atoms with van der Waals surface area (Å²) in [6.07, 6.45) is 2.48. The van der Waals surface area contributed by atoms with Crippen LogP contribution in [0, 0.1) is 5.92 Å². The van der Waals surface area contributed by atoms with Gasteiger partial charge in [-0.3, -0.25) is 0 Å². The molecular formula is C14H28N2S. The van der Waals surface area contributed by atoms with Crippen molar-refractivity contribution in [1.29, 1.82) is 0 Å². The maximum Gasteiger partial charge on any atom is 0.172 e. The first kappa shape index (κ1) is 14.7. The van der Waals surface area contributed by atoms with Crippen LogP contribution in [0.4, 0.5) is 0 Å². The Morgan fingerprint density at radius 3 is 2.29 bits per heavy atom. The molecule has 17 heavy (non-hydrogen) atoms. The van der Waals surface area contributed by atoms with Gasteiger partial charge < -0.3 is 9.80 Å². The summed E-state index contributed by atoms with van der Waals surface area (Å²) in [7, 11) is 0. The number of unbranched alkanes of at least 4 members (excludes halogenated alkanes) is 1. The molecule has 3 heteroatoms. The third-order valence-corrected chi connectivity index (χ3v) is 3.94. The first-order valence-electron chi connectivity index (χ1n) is 6.87. The van der Waals surface area contributed by atoms with Crippen LogP contribution in [0.25, 0.3) is 0 Å². The Bertz CT molecular complexity index is 268. The quantitative estimate of drug-likeness (QED) is 0.711. The highest BCUT2D eigenvalue weighted by atomic mass is 32.1. The van der Waals surface area contributed by atoms with Crippen molar-refractivity contribution in [3.05, 3.63) is 0 Å². The van der Waals surface area contributed by atoms with E-state index in [0.717, 1.165) is 18.2 Å². The van der Waals surface area contributed by atoms with Gasteiger partial charge in [0.1, 0.15) is 0 Å². The van der Waals surface area contributed by atoms with Crippen LogP contribution < -0.4 is 0 Å². The van der Waals surface area contributed by atoms with E-state index in [4.69, 9.17) is 12.2 Å². The molecule has 1 aliphatic heterocycles. The summed E-state index contributed by atoms with van der Waals surface area (Å²) in [6.45, 7) is 15.8. The molecule has 0 aliphatic carbocycles. The second kappa shape index (κ2) is 5.55. The van der Waals surface area contributed by atoms with Gasteiger partial charge in [-0.2, -0.15) is 0 Å². The van der Waals surface area contributed by atoms with Crippen LogP contribution in [0.15, 0.2) is 0 Å². The van der Waals surface area contributed by atoms with E-state index < -0.39 is 0 Å². The van der Waals surface area contributed by atoms with E-state index in [1.807, 2.05) is 0 Å². The van der Waals surface area contributed by atoms with Crippen LogP contribution in [0.3, 0.4) is 0 Å². The van der Waals surface area contributed by atoms with E-state index in [1.54, 1.807) is 0 Å². The van der Waals surface area contributed by atoms with Gasteiger partial charge in [0.2, 0.25) is 0 Å². The van der Waals surface area contributed by atoms with Crippen LogP contribution in [0.1, 0.15) is 54.4 Å². The molecule has 0 saturated carbocycles. The topological polar surface area (TPSA) is 6.48 Å². The van der Waals surface area contributed by atoms with Crippen molar-refractivity contribution in [2.24, 2.45) is 5.92 Å². The van der Waals surface area contributed by atoms with Crippen molar-refractivity contribution >= 4 is 17.3 Å². The number of rotatable bonds is 4. The molecule has 1 aliphatic rings. The maximum absolute atomic E-state index is 5.67. The fourth-order valence-electron chi connectivity index (χ4n) is 2.51. The van der Waals surface area contributed by atoms with Crippen molar-refractivity contribution in [1.82, 2.24) is 9.80 Å². The lowest BCUT2D eigenvalue weighted by Crippen LogP contribution is -2.49. The van der Waals surface area contributed by atoms with Gasteiger partial charge in [-0.15, -0.1) is 0 Å². The standard InChI is InChI=1S/C14H28N2S/c1-7-8-9-15-10-12(11(2)3)16(13(15)17)14(4,5)6/h11-12H,7-10H2,1-6H3/t12-/m0/s1. The van der Waals surface area contributed by atoms with E-state index in [0.29, 0.717) is 12.0 Å². The Morgan fingerprint density at radius 1 is 1.35 bits per heavy atom. The van der Waals surface area contributed by atoms with Gasteiger partial charge in [-0.05, 0) is 45.3 Å². The van der Waals surface area contributed by atoms with Gasteiger partial charge in [0.15, 0.2) is 5.11 Å². The molecule has 0 bridgehead atoms. The SMILES string of the molecule is CCCCN1C[C@@H](C(C)C)N(C(C)(C)C)C1=S. The molecule has 1 fully saturated rings. The van der Waals surface area contributed by atoms with Crippen molar-refractivity contribution in [2.45, 2.75) is 66.0 Å². The van der Waals surface area contributed by atoms with Crippen LogP contribution in [-0.2, 0) is 0 Å². The fraction of sp³-hybridized carbons (Fsp3) is 0.929. The van der Waals surface area contributed by atoms with E-state index in [9.17, 15) is 0 Å². The van der Waals surface area contributed by atoms with Crippen LogP contribution >= 0.6 is 12.2 Å². The van der Waals surface area contributed by atoms with Crippen molar-refractivity contribution in [3.8, 4) is 0 Å². The van der Waals surface area contributed by atoms with Gasteiger partial charge in [-0.25, -0.2) is 0 Å². The molecule has 2 nitrogen and oxygen atoms in total. The lowest BCUT2D eigenvalue weighted by Gasteiger charge is -2.39. The molecule has 0 radical (unpaired) electrons. The van der Waals surface area contributed by atoms with Crippen molar-refractivity contribution < 1.29 is 0 Å². The zero-order valence-electron chi connectivity index (χ0n) is 12.3. The highest BCUT2D eigenvalue weighted by Gasteiger charge is 2.41. The Morgan fingerprint density at radius 2 is 1.94 bits per heavy atom. The van der Waals surface area contributed by atoms with E-state index in [-0.39, 0.29) is 5.54 Å². The minimum absolute atomic E-state index is 0.132. The number of thiocarbonyl (C=S) groups is 1. The van der Waals surface area contributed by atoms with Crippen LogP contribution in [0.2, 0.25) is 0 Å². The molecule has 0 aromatic heterocycles. The molecular weight excluding hydrogens is 228 g/mol. The third kappa shape index (κ3) is 3.34. The summed E-state index contributed by atoms with van der Waals surface area (Å²) in [6, 6.07) is 0.569. The van der Waals surface area contributed by atoms with Gasteiger partial charge in [0, 0.05) is 18.6 Å². The normalized spacial score (nSPS) is 21.8. The molecule has 0 aromatic rings. The first-order valence-corrected chi connectivity index (χ1v) is 7.28. The van der Waals surface area contributed by atoms with Gasteiger partial charge in [0.25, 0.3) is 0 Å². The Kier molecular flexibility index (Phi) is 4.82. The highest BCUT2D eigenvalue weighted by molar-refractivity contribution is 7.80. The van der Waals surface area contributed by atoms with Crippen molar-refractivity contribution in [3.63, 3.8) is 0 Å². The minimum atomic E-state index is 0.132. The average Bonchev–Trinajstić information content (AvgIpc) is 2.52. The molecule has 0 amide bonds. The molecule has 1 atom stereocenters. The Hall–Kier alpha value is -0.310. The molecule has 0 aromatic carbocycles. The first-order chi connectivity index (χ1) is 7.79. The summed E-state index contributed by atoms with van der Waals surface area (Å²) in [4.78, 5) is 4.84.